The summed E-state index contributed by atoms with van der Waals surface area (Å²) in [4.78, 5) is 22.1. The van der Waals surface area contributed by atoms with E-state index in [1.165, 1.54) is 19.9 Å². The van der Waals surface area contributed by atoms with Crippen molar-refractivity contribution in [1.29, 1.82) is 0 Å². The Balaban J connectivity index is 0.000000218. The Labute approximate surface area is 65.1 Å². The first kappa shape index (κ1) is 9.62. The van der Waals surface area contributed by atoms with Gasteiger partial charge in [0.2, 0.25) is 5.56 Å². The van der Waals surface area contributed by atoms with Gasteiger partial charge in [-0.25, -0.2) is 0 Å². The predicted octanol–water partition coefficient (Wildman–Crippen LogP) is 0.970. The number of hydrogen-bond donors (Lipinski definition) is 1. The number of H-pyrrole nitrogens is 1. The molecule has 1 N–H and O–H groups in total. The summed E-state index contributed by atoms with van der Waals surface area (Å²) in [6, 6.07) is 4.93. The Kier molecular flexibility index (Phi) is 4.73. The minimum absolute atomic E-state index is 0.0532. The predicted molar refractivity (Wildman–Crippen MR) is 43.4 cm³/mol. The molecule has 0 aliphatic heterocycles. The third-order valence-corrected chi connectivity index (χ3v) is 0.681. The molecule has 0 atom stereocenters. The fraction of sp³-hybridized carbons (Fsp3) is 0.250. The smallest absolute Gasteiger partial charge is 0.247 e. The molecule has 1 aromatic rings. The molecule has 3 nitrogen and oxygen atoms in total. The highest BCUT2D eigenvalue weighted by Crippen LogP contribution is 1.67. The van der Waals surface area contributed by atoms with E-state index in [2.05, 4.69) is 4.98 Å². The van der Waals surface area contributed by atoms with E-state index in [1.807, 2.05) is 0 Å². The highest BCUT2D eigenvalue weighted by Gasteiger charge is 1.69. The summed E-state index contributed by atoms with van der Waals surface area (Å²) in [5, 5.41) is 0. The molecule has 1 rings (SSSR count). The molecule has 0 radical (unpaired) electrons. The lowest BCUT2D eigenvalue weighted by molar-refractivity contribution is -0.114. The molecule has 0 fully saturated rings. The molecule has 0 saturated carbocycles. The van der Waals surface area contributed by atoms with E-state index >= 15 is 0 Å². The van der Waals surface area contributed by atoms with Gasteiger partial charge in [0.15, 0.2) is 0 Å². The third kappa shape index (κ3) is 8.62. The van der Waals surface area contributed by atoms with Crippen molar-refractivity contribution >= 4 is 5.78 Å². The van der Waals surface area contributed by atoms with Crippen molar-refractivity contribution in [2.75, 3.05) is 0 Å². The second-order valence-corrected chi connectivity index (χ2v) is 2.14. The molecule has 1 aromatic heterocycles. The second kappa shape index (κ2) is 5.41. The molecule has 0 aromatic carbocycles. The van der Waals surface area contributed by atoms with Crippen molar-refractivity contribution in [2.45, 2.75) is 13.8 Å². The van der Waals surface area contributed by atoms with Crippen LogP contribution in [0.3, 0.4) is 0 Å². The van der Waals surface area contributed by atoms with Gasteiger partial charge in [-0.2, -0.15) is 0 Å². The lowest BCUT2D eigenvalue weighted by Crippen LogP contribution is -1.98. The zero-order chi connectivity index (χ0) is 8.69. The first-order chi connectivity index (χ1) is 5.13. The van der Waals surface area contributed by atoms with Crippen LogP contribution in [0.15, 0.2) is 29.2 Å². The molecule has 11 heavy (non-hydrogen) atoms. The van der Waals surface area contributed by atoms with Gasteiger partial charge in [0.25, 0.3) is 0 Å². The van der Waals surface area contributed by atoms with E-state index in [0.717, 1.165) is 0 Å². The zero-order valence-electron chi connectivity index (χ0n) is 6.63. The molecule has 60 valence electrons. The average molecular weight is 153 g/mol. The zero-order valence-corrected chi connectivity index (χ0v) is 6.63. The molecule has 3 heteroatoms. The maximum Gasteiger partial charge on any atom is 0.247 e. The second-order valence-electron chi connectivity index (χ2n) is 2.14. The Bertz CT molecular complexity index is 243. The summed E-state index contributed by atoms with van der Waals surface area (Å²) in [7, 11) is 0. The lowest BCUT2D eigenvalue weighted by atomic mass is 10.5. The van der Waals surface area contributed by atoms with Gasteiger partial charge in [-0.1, -0.05) is 6.07 Å². The van der Waals surface area contributed by atoms with Crippen LogP contribution < -0.4 is 5.56 Å². The summed E-state index contributed by atoms with van der Waals surface area (Å²) in [6.07, 6.45) is 1.60. The van der Waals surface area contributed by atoms with Crippen LogP contribution >= 0.6 is 0 Å². The van der Waals surface area contributed by atoms with Crippen molar-refractivity contribution in [1.82, 2.24) is 4.98 Å². The summed E-state index contributed by atoms with van der Waals surface area (Å²) in [5.41, 5.74) is -0.0532. The molecule has 0 unspecified atom stereocenters. The third-order valence-electron chi connectivity index (χ3n) is 0.681. The minimum atomic E-state index is -0.0532. The van der Waals surface area contributed by atoms with Gasteiger partial charge in [0.1, 0.15) is 5.78 Å². The van der Waals surface area contributed by atoms with Gasteiger partial charge < -0.3 is 9.78 Å². The van der Waals surface area contributed by atoms with Crippen molar-refractivity contribution in [3.05, 3.63) is 34.7 Å². The first-order valence-corrected chi connectivity index (χ1v) is 3.24. The molecule has 0 aliphatic carbocycles. The van der Waals surface area contributed by atoms with Gasteiger partial charge in [-0.3, -0.25) is 4.79 Å². The highest BCUT2D eigenvalue weighted by atomic mass is 16.1. The Morgan fingerprint density at radius 1 is 1.36 bits per heavy atom. The summed E-state index contributed by atoms with van der Waals surface area (Å²) in [6.45, 7) is 3.06. The SMILES string of the molecule is CC(C)=O.O=c1cccc[nH]1. The number of aromatic nitrogens is 1. The molecule has 0 amide bonds. The van der Waals surface area contributed by atoms with Crippen LogP contribution in [0.1, 0.15) is 13.8 Å². The molecule has 0 saturated heterocycles. The average Bonchev–Trinajstić information content (AvgIpc) is 1.87. The van der Waals surface area contributed by atoms with Gasteiger partial charge >= 0.3 is 0 Å². The molecular formula is C8H11NO2. The van der Waals surface area contributed by atoms with Crippen molar-refractivity contribution < 1.29 is 4.79 Å². The summed E-state index contributed by atoms with van der Waals surface area (Å²) >= 11 is 0. The molecule has 0 spiro atoms. The van der Waals surface area contributed by atoms with E-state index in [-0.39, 0.29) is 11.3 Å². The van der Waals surface area contributed by atoms with Crippen molar-refractivity contribution in [3.63, 3.8) is 0 Å². The van der Waals surface area contributed by atoms with Crippen LogP contribution in [0.5, 0.6) is 0 Å². The molecule has 0 aliphatic rings. The fourth-order valence-electron chi connectivity index (χ4n) is 0.377. The Morgan fingerprint density at radius 2 is 1.91 bits per heavy atom. The van der Waals surface area contributed by atoms with Gasteiger partial charge in [0.05, 0.1) is 0 Å². The number of nitrogens with one attached hydrogen (secondary N) is 1. The Hall–Kier alpha value is -1.38. The number of pyridine rings is 1. The van der Waals surface area contributed by atoms with Crippen LogP contribution in [0.2, 0.25) is 0 Å². The number of aromatic amines is 1. The molecule has 0 bridgehead atoms. The number of Topliss-reactive ketones (excluding diaryl/α,β-unsaturated/α-hetero) is 1. The van der Waals surface area contributed by atoms with Crippen LogP contribution in [-0.4, -0.2) is 10.8 Å². The van der Waals surface area contributed by atoms with Crippen LogP contribution in [0, 0.1) is 0 Å². The van der Waals surface area contributed by atoms with Gasteiger partial charge in [-0.15, -0.1) is 0 Å². The first-order valence-electron chi connectivity index (χ1n) is 3.24. The number of carbonyl (C=O) groups excluding carboxylic acids is 1. The van der Waals surface area contributed by atoms with Gasteiger partial charge in [0, 0.05) is 12.3 Å². The fourth-order valence-corrected chi connectivity index (χ4v) is 0.377. The molecule has 1 heterocycles. The number of rotatable bonds is 0. The minimum Gasteiger partial charge on any atom is -0.329 e. The van der Waals surface area contributed by atoms with Crippen molar-refractivity contribution in [3.8, 4) is 0 Å². The number of carbonyl (C=O) groups is 1. The number of ketones is 1. The van der Waals surface area contributed by atoms with Gasteiger partial charge in [-0.05, 0) is 19.9 Å². The standard InChI is InChI=1S/C5H5NO.C3H6O/c7-5-3-1-2-4-6-5;1-3(2)4/h1-4H,(H,6,7);1-2H3. The van der Waals surface area contributed by atoms with E-state index in [1.54, 1.807) is 18.3 Å². The largest absolute Gasteiger partial charge is 0.329 e. The monoisotopic (exact) mass is 153 g/mol. The topological polar surface area (TPSA) is 49.9 Å². The van der Waals surface area contributed by atoms with E-state index in [9.17, 15) is 9.59 Å². The lowest BCUT2D eigenvalue weighted by Gasteiger charge is -1.73. The van der Waals surface area contributed by atoms with Crippen LogP contribution in [-0.2, 0) is 4.79 Å². The maximum atomic E-state index is 10.2. The molecular weight excluding hydrogens is 142 g/mol. The summed E-state index contributed by atoms with van der Waals surface area (Å²) in [5.74, 6) is 0.167. The maximum absolute atomic E-state index is 10.2. The Morgan fingerprint density at radius 3 is 2.09 bits per heavy atom. The van der Waals surface area contributed by atoms with Crippen LogP contribution in [0.4, 0.5) is 0 Å². The summed E-state index contributed by atoms with van der Waals surface area (Å²) < 4.78 is 0. The van der Waals surface area contributed by atoms with E-state index in [0.29, 0.717) is 0 Å². The van der Waals surface area contributed by atoms with E-state index in [4.69, 9.17) is 0 Å². The highest BCUT2D eigenvalue weighted by molar-refractivity contribution is 5.72. The normalized spacial score (nSPS) is 7.82. The quantitative estimate of drug-likeness (QED) is 0.603. The van der Waals surface area contributed by atoms with Crippen LogP contribution in [0.25, 0.3) is 0 Å². The van der Waals surface area contributed by atoms with Crippen molar-refractivity contribution in [2.24, 2.45) is 0 Å². The number of hydrogen-bond acceptors (Lipinski definition) is 2. The van der Waals surface area contributed by atoms with E-state index < -0.39 is 0 Å².